The third-order valence-corrected chi connectivity index (χ3v) is 3.90. The zero-order valence-corrected chi connectivity index (χ0v) is 11.8. The molecule has 0 aliphatic rings. The van der Waals surface area contributed by atoms with Crippen LogP contribution in [0.5, 0.6) is 0 Å². The first-order valence-corrected chi connectivity index (χ1v) is 7.05. The van der Waals surface area contributed by atoms with Gasteiger partial charge in [0, 0.05) is 10.8 Å². The van der Waals surface area contributed by atoms with Crippen LogP contribution in [-0.2, 0) is 5.60 Å². The molecular formula is C19H14O3. The molecule has 2 aromatic heterocycles. The largest absolute Gasteiger partial charge is 0.457 e. The Balaban J connectivity index is 1.92. The van der Waals surface area contributed by atoms with Crippen molar-refractivity contribution in [3.8, 4) is 0 Å². The summed E-state index contributed by atoms with van der Waals surface area (Å²) in [7, 11) is 0. The number of hydrogen-bond donors (Lipinski definition) is 1. The monoisotopic (exact) mass is 290 g/mol. The Bertz CT molecular complexity index is 834. The highest BCUT2D eigenvalue weighted by Gasteiger charge is 2.35. The summed E-state index contributed by atoms with van der Waals surface area (Å²) in [5, 5.41) is 12.9. The van der Waals surface area contributed by atoms with Gasteiger partial charge in [0.1, 0.15) is 22.7 Å². The van der Waals surface area contributed by atoms with Gasteiger partial charge in [0.05, 0.1) is 0 Å². The van der Waals surface area contributed by atoms with E-state index in [-0.39, 0.29) is 0 Å². The maximum Gasteiger partial charge on any atom is 0.198 e. The Morgan fingerprint density at radius 2 is 1.27 bits per heavy atom. The fraction of sp³-hybridized carbons (Fsp3) is 0.0526. The van der Waals surface area contributed by atoms with Gasteiger partial charge >= 0.3 is 0 Å². The normalized spacial score (nSPS) is 12.0. The zero-order chi connectivity index (χ0) is 15.2. The summed E-state index contributed by atoms with van der Waals surface area (Å²) in [6.45, 7) is 3.76. The number of fused-ring (bicyclic) bond motifs is 2. The molecule has 108 valence electrons. The van der Waals surface area contributed by atoms with Crippen LogP contribution >= 0.6 is 0 Å². The van der Waals surface area contributed by atoms with Crippen molar-refractivity contribution in [2.24, 2.45) is 0 Å². The molecule has 3 nitrogen and oxygen atoms in total. The number of hydrogen-bond acceptors (Lipinski definition) is 3. The second-order valence-corrected chi connectivity index (χ2v) is 5.27. The lowest BCUT2D eigenvalue weighted by Gasteiger charge is -2.18. The van der Waals surface area contributed by atoms with Crippen molar-refractivity contribution >= 4 is 21.9 Å². The summed E-state index contributed by atoms with van der Waals surface area (Å²) in [6, 6.07) is 18.9. The quantitative estimate of drug-likeness (QED) is 0.561. The van der Waals surface area contributed by atoms with Gasteiger partial charge in [-0.1, -0.05) is 43.0 Å². The Hall–Kier alpha value is -2.78. The SMILES string of the molecule is C=CC(O)(c1cc2ccccc2o1)c1cc2ccccc2o1. The third-order valence-electron chi connectivity index (χ3n) is 3.90. The Kier molecular flexibility index (Phi) is 2.71. The second-order valence-electron chi connectivity index (χ2n) is 5.27. The van der Waals surface area contributed by atoms with Crippen molar-refractivity contribution in [2.75, 3.05) is 0 Å². The molecule has 0 atom stereocenters. The van der Waals surface area contributed by atoms with Crippen molar-refractivity contribution in [3.63, 3.8) is 0 Å². The minimum Gasteiger partial charge on any atom is -0.457 e. The predicted octanol–water partition coefficient (Wildman–Crippen LogP) is 4.60. The van der Waals surface area contributed by atoms with Crippen LogP contribution in [-0.4, -0.2) is 5.11 Å². The van der Waals surface area contributed by atoms with Gasteiger partial charge in [-0.05, 0) is 30.3 Å². The molecule has 0 radical (unpaired) electrons. The smallest absolute Gasteiger partial charge is 0.198 e. The van der Waals surface area contributed by atoms with Crippen LogP contribution < -0.4 is 0 Å². The number of furan rings is 2. The summed E-state index contributed by atoms with van der Waals surface area (Å²) in [5.74, 6) is 0.783. The van der Waals surface area contributed by atoms with Gasteiger partial charge in [-0.2, -0.15) is 0 Å². The van der Waals surface area contributed by atoms with Gasteiger partial charge in [-0.25, -0.2) is 0 Å². The number of benzene rings is 2. The fourth-order valence-corrected chi connectivity index (χ4v) is 2.66. The Morgan fingerprint density at radius 3 is 1.68 bits per heavy atom. The molecule has 0 saturated heterocycles. The molecule has 0 aliphatic heterocycles. The first-order chi connectivity index (χ1) is 10.7. The molecule has 0 saturated carbocycles. The highest BCUT2D eigenvalue weighted by Crippen LogP contribution is 2.37. The zero-order valence-electron chi connectivity index (χ0n) is 11.8. The first kappa shape index (κ1) is 12.9. The number of aliphatic hydroxyl groups is 1. The fourth-order valence-electron chi connectivity index (χ4n) is 2.66. The predicted molar refractivity (Wildman–Crippen MR) is 85.6 cm³/mol. The summed E-state index contributed by atoms with van der Waals surface area (Å²) >= 11 is 0. The first-order valence-electron chi connectivity index (χ1n) is 7.05. The van der Waals surface area contributed by atoms with Gasteiger partial charge in [-0.3, -0.25) is 0 Å². The minimum atomic E-state index is -1.50. The van der Waals surface area contributed by atoms with Crippen LogP contribution in [0.25, 0.3) is 21.9 Å². The molecule has 3 heteroatoms. The van der Waals surface area contributed by atoms with E-state index in [0.717, 1.165) is 10.8 Å². The maximum atomic E-state index is 11.1. The standard InChI is InChI=1S/C19H14O3/c1-2-19(20,17-11-13-7-3-5-9-15(13)21-17)18-12-14-8-4-6-10-16(14)22-18/h2-12,20H,1H2. The van der Waals surface area contributed by atoms with Crippen LogP contribution in [0.15, 0.2) is 82.2 Å². The molecule has 0 bridgehead atoms. The number of para-hydroxylation sites is 2. The van der Waals surface area contributed by atoms with Crippen molar-refractivity contribution in [2.45, 2.75) is 5.60 Å². The van der Waals surface area contributed by atoms with Gasteiger partial charge in [-0.15, -0.1) is 0 Å². The van der Waals surface area contributed by atoms with E-state index in [4.69, 9.17) is 8.83 Å². The van der Waals surface area contributed by atoms with E-state index in [1.165, 1.54) is 6.08 Å². The minimum absolute atomic E-state index is 0.391. The molecule has 0 spiro atoms. The van der Waals surface area contributed by atoms with Gasteiger partial charge in [0.25, 0.3) is 0 Å². The van der Waals surface area contributed by atoms with Crippen molar-refractivity contribution in [3.05, 3.63) is 84.8 Å². The van der Waals surface area contributed by atoms with E-state index in [0.29, 0.717) is 22.7 Å². The molecule has 0 fully saturated rings. The summed E-state index contributed by atoms with van der Waals surface area (Å²) in [5.41, 5.74) is -0.0688. The lowest BCUT2D eigenvalue weighted by atomic mass is 9.97. The molecule has 0 unspecified atom stereocenters. The van der Waals surface area contributed by atoms with E-state index in [2.05, 4.69) is 6.58 Å². The van der Waals surface area contributed by atoms with Crippen LogP contribution in [0.2, 0.25) is 0 Å². The molecule has 1 N–H and O–H groups in total. The van der Waals surface area contributed by atoms with E-state index in [1.807, 2.05) is 60.7 Å². The lowest BCUT2D eigenvalue weighted by Crippen LogP contribution is -2.22. The Labute approximate surface area is 127 Å². The molecule has 4 aromatic rings. The summed E-state index contributed by atoms with van der Waals surface area (Å²) < 4.78 is 11.6. The maximum absolute atomic E-state index is 11.1. The molecule has 4 rings (SSSR count). The van der Waals surface area contributed by atoms with E-state index in [1.54, 1.807) is 0 Å². The van der Waals surface area contributed by atoms with Crippen LogP contribution in [0.1, 0.15) is 11.5 Å². The molecule has 2 aromatic carbocycles. The second kappa shape index (κ2) is 4.61. The molecule has 22 heavy (non-hydrogen) atoms. The lowest BCUT2D eigenvalue weighted by molar-refractivity contribution is 0.0871. The van der Waals surface area contributed by atoms with Gasteiger partial charge in [0.15, 0.2) is 5.60 Å². The van der Waals surface area contributed by atoms with E-state index < -0.39 is 5.60 Å². The average molecular weight is 290 g/mol. The molecule has 0 aliphatic carbocycles. The molecule has 2 heterocycles. The number of rotatable bonds is 3. The van der Waals surface area contributed by atoms with Crippen molar-refractivity contribution in [1.29, 1.82) is 0 Å². The summed E-state index contributed by atoms with van der Waals surface area (Å²) in [4.78, 5) is 0. The van der Waals surface area contributed by atoms with Crippen LogP contribution in [0.4, 0.5) is 0 Å². The molecular weight excluding hydrogens is 276 g/mol. The Morgan fingerprint density at radius 1 is 0.818 bits per heavy atom. The van der Waals surface area contributed by atoms with E-state index in [9.17, 15) is 5.11 Å². The average Bonchev–Trinajstić information content (AvgIpc) is 3.18. The topological polar surface area (TPSA) is 46.5 Å². The van der Waals surface area contributed by atoms with E-state index >= 15 is 0 Å². The van der Waals surface area contributed by atoms with Gasteiger partial charge in [0.2, 0.25) is 0 Å². The van der Waals surface area contributed by atoms with Crippen molar-refractivity contribution < 1.29 is 13.9 Å². The van der Waals surface area contributed by atoms with Crippen LogP contribution in [0, 0.1) is 0 Å². The molecule has 0 amide bonds. The third kappa shape index (κ3) is 1.80. The van der Waals surface area contributed by atoms with Gasteiger partial charge < -0.3 is 13.9 Å². The van der Waals surface area contributed by atoms with Crippen molar-refractivity contribution in [1.82, 2.24) is 0 Å². The van der Waals surface area contributed by atoms with Crippen LogP contribution in [0.3, 0.4) is 0 Å². The highest BCUT2D eigenvalue weighted by atomic mass is 16.4. The highest BCUT2D eigenvalue weighted by molar-refractivity contribution is 5.80. The summed E-state index contributed by atoms with van der Waals surface area (Å²) in [6.07, 6.45) is 1.43.